The predicted octanol–water partition coefficient (Wildman–Crippen LogP) is -4.80. The van der Waals surface area contributed by atoms with Gasteiger partial charge in [0.25, 0.3) is 0 Å². The smallest absolute Gasteiger partial charge is 0.397 e. The van der Waals surface area contributed by atoms with Crippen molar-refractivity contribution in [2.24, 2.45) is 0 Å². The van der Waals surface area contributed by atoms with Crippen molar-refractivity contribution in [3.05, 3.63) is 0 Å². The molecule has 0 unspecified atom stereocenters. The molecule has 27 heavy (non-hydrogen) atoms. The van der Waals surface area contributed by atoms with E-state index in [-0.39, 0.29) is 0 Å². The monoisotopic (exact) mass is 420 g/mol. The Morgan fingerprint density at radius 1 is 0.926 bits per heavy atom. The lowest BCUT2D eigenvalue weighted by Gasteiger charge is -2.40. The molecule has 0 radical (unpaired) electrons. The van der Waals surface area contributed by atoms with E-state index in [0.29, 0.717) is 0 Å². The van der Waals surface area contributed by atoms with Gasteiger partial charge in [0.15, 0.2) is 12.4 Å². The molecule has 0 amide bonds. The van der Waals surface area contributed by atoms with Crippen molar-refractivity contribution in [1.29, 1.82) is 0 Å². The molecule has 0 aromatic carbocycles. The molecule has 14 nitrogen and oxygen atoms in total. The van der Waals surface area contributed by atoms with Gasteiger partial charge in [-0.3, -0.25) is 4.55 Å². The molecule has 15 heteroatoms. The van der Waals surface area contributed by atoms with Crippen LogP contribution in [0.1, 0.15) is 0 Å². The number of carboxylic acids is 1. The molecular weight excluding hydrogens is 400 g/mol. The molecule has 2 rings (SSSR count). The van der Waals surface area contributed by atoms with Gasteiger partial charge in [0.1, 0.15) is 42.7 Å². The third kappa shape index (κ3) is 4.90. The van der Waals surface area contributed by atoms with E-state index in [9.17, 15) is 38.7 Å². The Balaban J connectivity index is 2.25. The number of ether oxygens (including phenoxy) is 3. The fourth-order valence-electron chi connectivity index (χ4n) is 2.84. The van der Waals surface area contributed by atoms with E-state index >= 15 is 0 Å². The van der Waals surface area contributed by atoms with Crippen LogP contribution in [0.5, 0.6) is 0 Å². The first-order valence-electron chi connectivity index (χ1n) is 7.61. The maximum absolute atomic E-state index is 11.1. The number of hydrogen-bond donors (Lipinski definition) is 7. The predicted molar refractivity (Wildman–Crippen MR) is 78.4 cm³/mol. The first-order valence-corrected chi connectivity index (χ1v) is 8.97. The fourth-order valence-corrected chi connectivity index (χ4v) is 3.35. The highest BCUT2D eigenvalue weighted by Crippen LogP contribution is 2.31. The van der Waals surface area contributed by atoms with Gasteiger partial charge >= 0.3 is 16.4 Å². The Morgan fingerprint density at radius 3 is 1.96 bits per heavy atom. The third-order valence-electron chi connectivity index (χ3n) is 4.10. The third-order valence-corrected chi connectivity index (χ3v) is 4.57. The number of carboxylic acid groups (broad SMARTS) is 1. The molecular formula is C12H20O14S. The average molecular weight is 420 g/mol. The lowest BCUT2D eigenvalue weighted by Crippen LogP contribution is -2.61. The van der Waals surface area contributed by atoms with Gasteiger partial charge in [-0.15, -0.1) is 0 Å². The van der Waals surface area contributed by atoms with Crippen LogP contribution in [0.4, 0.5) is 0 Å². The minimum atomic E-state index is -5.05. The van der Waals surface area contributed by atoms with Crippen LogP contribution in [0.3, 0.4) is 0 Å². The molecule has 2 fully saturated rings. The lowest BCUT2D eigenvalue weighted by molar-refractivity contribution is -0.310. The molecule has 0 saturated carbocycles. The molecule has 2 heterocycles. The Kier molecular flexibility index (Phi) is 7.09. The van der Waals surface area contributed by atoms with Gasteiger partial charge in [-0.1, -0.05) is 0 Å². The first-order chi connectivity index (χ1) is 12.5. The number of rotatable bonds is 7. The second kappa shape index (κ2) is 8.58. The van der Waals surface area contributed by atoms with E-state index in [1.807, 2.05) is 0 Å². The highest BCUT2D eigenvalue weighted by atomic mass is 32.3. The van der Waals surface area contributed by atoms with Crippen LogP contribution in [0.2, 0.25) is 0 Å². The normalized spacial score (nSPS) is 43.0. The van der Waals surface area contributed by atoms with Crippen LogP contribution in [0.15, 0.2) is 0 Å². The molecule has 2 aliphatic rings. The van der Waals surface area contributed by atoms with Crippen molar-refractivity contribution >= 4 is 16.4 Å². The van der Waals surface area contributed by atoms with Crippen molar-refractivity contribution in [3.8, 4) is 0 Å². The summed E-state index contributed by atoms with van der Waals surface area (Å²) in [6.07, 6.45) is -15.8. The largest absolute Gasteiger partial charge is 0.479 e. The highest BCUT2D eigenvalue weighted by Gasteiger charge is 2.53. The van der Waals surface area contributed by atoms with Crippen LogP contribution in [0.25, 0.3) is 0 Å². The van der Waals surface area contributed by atoms with Crippen molar-refractivity contribution in [2.45, 2.75) is 55.1 Å². The summed E-state index contributed by atoms with van der Waals surface area (Å²) in [5.41, 5.74) is 0. The molecule has 0 bridgehead atoms. The molecule has 0 aromatic heterocycles. The summed E-state index contributed by atoms with van der Waals surface area (Å²) >= 11 is 0. The Hall–Kier alpha value is -0.980. The van der Waals surface area contributed by atoms with Gasteiger partial charge in [0, 0.05) is 0 Å². The second-order valence-corrected chi connectivity index (χ2v) is 6.95. The minimum absolute atomic E-state index is 0.775. The molecule has 2 aliphatic heterocycles. The van der Waals surface area contributed by atoms with Crippen LogP contribution < -0.4 is 0 Å². The van der Waals surface area contributed by atoms with Gasteiger partial charge in [0.2, 0.25) is 0 Å². The number of aliphatic hydroxyl groups is 5. The summed E-state index contributed by atoms with van der Waals surface area (Å²) in [4.78, 5) is 11.1. The van der Waals surface area contributed by atoms with E-state index < -0.39 is 84.7 Å². The fraction of sp³-hybridized carbons (Fsp3) is 0.917. The second-order valence-electron chi connectivity index (χ2n) is 5.90. The van der Waals surface area contributed by atoms with Gasteiger partial charge in [-0.05, 0) is 0 Å². The van der Waals surface area contributed by atoms with Crippen LogP contribution in [-0.4, -0.2) is 118 Å². The standard InChI is InChI=1S/C12H20O14S/c13-1-3-8(9(4(2-14)23-3)26-27(20,21)22)24-12-7(17)5(15)6(16)10(25-12)11(18)19/h3-10,12-17H,1-2H2,(H,18,19)(H,20,21,22)/t3-,4-,5+,6+,7-,8-,9-,10-,12-/m1/s1. The molecule has 2 saturated heterocycles. The van der Waals surface area contributed by atoms with E-state index in [1.165, 1.54) is 0 Å². The number of aliphatic carboxylic acids is 1. The van der Waals surface area contributed by atoms with Crippen molar-refractivity contribution < 1.29 is 66.8 Å². The average Bonchev–Trinajstić information content (AvgIpc) is 2.90. The highest BCUT2D eigenvalue weighted by molar-refractivity contribution is 7.80. The number of aliphatic hydroxyl groups excluding tert-OH is 5. The van der Waals surface area contributed by atoms with Crippen molar-refractivity contribution in [2.75, 3.05) is 13.2 Å². The zero-order chi connectivity index (χ0) is 20.5. The molecule has 0 spiro atoms. The zero-order valence-electron chi connectivity index (χ0n) is 13.5. The first kappa shape index (κ1) is 22.3. The van der Waals surface area contributed by atoms with Gasteiger partial charge in [0.05, 0.1) is 13.2 Å². The van der Waals surface area contributed by atoms with Gasteiger partial charge in [-0.2, -0.15) is 8.42 Å². The number of hydrogen-bond acceptors (Lipinski definition) is 12. The van der Waals surface area contributed by atoms with Crippen LogP contribution in [-0.2, 0) is 33.6 Å². The Morgan fingerprint density at radius 2 is 1.48 bits per heavy atom. The molecule has 9 atom stereocenters. The molecule has 158 valence electrons. The summed E-state index contributed by atoms with van der Waals surface area (Å²) in [5, 5.41) is 57.0. The molecule has 0 aliphatic carbocycles. The summed E-state index contributed by atoms with van der Waals surface area (Å²) in [7, 11) is -5.05. The number of carbonyl (C=O) groups is 1. The maximum atomic E-state index is 11.1. The summed E-state index contributed by atoms with van der Waals surface area (Å²) in [5.74, 6) is -1.68. The SMILES string of the molecule is O=C(O)[C@@H]1O[C@@H](O[C@H]2[C@H](OS(=O)(=O)O)[C@@H](CO)O[C@@H]2CO)[C@H](O)[C@@H](O)[C@@H]1O. The lowest BCUT2D eigenvalue weighted by atomic mass is 9.98. The van der Waals surface area contributed by atoms with Gasteiger partial charge < -0.3 is 44.8 Å². The topological polar surface area (TPSA) is 230 Å². The van der Waals surface area contributed by atoms with Gasteiger partial charge in [-0.25, -0.2) is 8.98 Å². The van der Waals surface area contributed by atoms with E-state index in [0.717, 1.165) is 0 Å². The summed E-state index contributed by atoms with van der Waals surface area (Å²) in [6.45, 7) is -1.58. The quantitative estimate of drug-likeness (QED) is 0.192. The Bertz CT molecular complexity index is 624. The molecule has 7 N–H and O–H groups in total. The van der Waals surface area contributed by atoms with Crippen LogP contribution in [0, 0.1) is 0 Å². The van der Waals surface area contributed by atoms with E-state index in [4.69, 9.17) is 23.9 Å². The Labute approximate surface area is 152 Å². The van der Waals surface area contributed by atoms with Crippen molar-refractivity contribution in [1.82, 2.24) is 0 Å². The van der Waals surface area contributed by atoms with E-state index in [2.05, 4.69) is 4.18 Å². The zero-order valence-corrected chi connectivity index (χ0v) is 14.3. The maximum Gasteiger partial charge on any atom is 0.397 e. The van der Waals surface area contributed by atoms with Crippen LogP contribution >= 0.6 is 0 Å². The molecule has 0 aromatic rings. The minimum Gasteiger partial charge on any atom is -0.479 e. The van der Waals surface area contributed by atoms with Crippen molar-refractivity contribution in [3.63, 3.8) is 0 Å². The summed E-state index contributed by atoms with van der Waals surface area (Å²) < 4.78 is 50.6. The summed E-state index contributed by atoms with van der Waals surface area (Å²) in [6, 6.07) is 0. The van der Waals surface area contributed by atoms with E-state index in [1.54, 1.807) is 0 Å².